The van der Waals surface area contributed by atoms with Crippen molar-refractivity contribution in [1.82, 2.24) is 15.1 Å². The SMILES string of the molecule is CN1CCN(C(=O)CCNC2CC2)CC1. The number of likely N-dealkylation sites (N-methyl/N-ethyl adjacent to an activating group) is 1. The molecule has 1 saturated heterocycles. The van der Waals surface area contributed by atoms with Crippen molar-refractivity contribution in [1.29, 1.82) is 0 Å². The standard InChI is InChI=1S/C11H21N3O/c1-13-6-8-14(9-7-13)11(15)4-5-12-10-2-3-10/h10,12H,2-9H2,1H3. The van der Waals surface area contributed by atoms with E-state index in [-0.39, 0.29) is 0 Å². The lowest BCUT2D eigenvalue weighted by atomic mass is 10.3. The minimum atomic E-state index is 0.316. The summed E-state index contributed by atoms with van der Waals surface area (Å²) in [6.07, 6.45) is 3.26. The first kappa shape index (κ1) is 10.9. The summed E-state index contributed by atoms with van der Waals surface area (Å²) in [5.74, 6) is 0.316. The highest BCUT2D eigenvalue weighted by Crippen LogP contribution is 2.18. The number of hydrogen-bond donors (Lipinski definition) is 1. The van der Waals surface area contributed by atoms with Crippen molar-refractivity contribution in [3.63, 3.8) is 0 Å². The monoisotopic (exact) mass is 211 g/mol. The van der Waals surface area contributed by atoms with Crippen LogP contribution in [0.2, 0.25) is 0 Å². The zero-order chi connectivity index (χ0) is 10.7. The molecule has 2 rings (SSSR count). The summed E-state index contributed by atoms with van der Waals surface area (Å²) in [5, 5.41) is 3.38. The first-order chi connectivity index (χ1) is 7.25. The molecule has 1 saturated carbocycles. The summed E-state index contributed by atoms with van der Waals surface area (Å²) >= 11 is 0. The number of piperazine rings is 1. The summed E-state index contributed by atoms with van der Waals surface area (Å²) < 4.78 is 0. The van der Waals surface area contributed by atoms with Crippen LogP contribution in [0.1, 0.15) is 19.3 Å². The molecule has 2 aliphatic rings. The van der Waals surface area contributed by atoms with Crippen LogP contribution < -0.4 is 5.32 Å². The largest absolute Gasteiger partial charge is 0.340 e. The van der Waals surface area contributed by atoms with Crippen molar-refractivity contribution in [2.75, 3.05) is 39.8 Å². The van der Waals surface area contributed by atoms with Gasteiger partial charge in [0, 0.05) is 45.2 Å². The van der Waals surface area contributed by atoms with Gasteiger partial charge in [-0.15, -0.1) is 0 Å². The molecule has 0 unspecified atom stereocenters. The third-order valence-corrected chi connectivity index (χ3v) is 3.21. The molecule has 0 aromatic carbocycles. The minimum absolute atomic E-state index is 0.316. The highest BCUT2D eigenvalue weighted by molar-refractivity contribution is 5.76. The molecule has 1 aliphatic heterocycles. The molecule has 0 bridgehead atoms. The molecule has 0 atom stereocenters. The van der Waals surface area contributed by atoms with Gasteiger partial charge in [0.15, 0.2) is 0 Å². The Morgan fingerprint density at radius 1 is 1.27 bits per heavy atom. The molecule has 1 N–H and O–H groups in total. The van der Waals surface area contributed by atoms with Crippen LogP contribution in [0.5, 0.6) is 0 Å². The van der Waals surface area contributed by atoms with Gasteiger partial charge in [-0.25, -0.2) is 0 Å². The number of rotatable bonds is 4. The molecule has 0 aromatic heterocycles. The second-order valence-electron chi connectivity index (χ2n) is 4.66. The van der Waals surface area contributed by atoms with Gasteiger partial charge in [-0.05, 0) is 19.9 Å². The van der Waals surface area contributed by atoms with Gasteiger partial charge in [-0.3, -0.25) is 4.79 Å². The molecule has 1 aliphatic carbocycles. The van der Waals surface area contributed by atoms with Gasteiger partial charge in [-0.2, -0.15) is 0 Å². The molecule has 1 heterocycles. The highest BCUT2D eigenvalue weighted by atomic mass is 16.2. The second kappa shape index (κ2) is 4.94. The van der Waals surface area contributed by atoms with Crippen LogP contribution in [0.3, 0.4) is 0 Å². The number of hydrogen-bond acceptors (Lipinski definition) is 3. The normalized spacial score (nSPS) is 23.1. The van der Waals surface area contributed by atoms with E-state index in [1.54, 1.807) is 0 Å². The highest BCUT2D eigenvalue weighted by Gasteiger charge is 2.22. The fourth-order valence-electron chi connectivity index (χ4n) is 1.88. The van der Waals surface area contributed by atoms with Gasteiger partial charge in [0.25, 0.3) is 0 Å². The zero-order valence-corrected chi connectivity index (χ0v) is 9.54. The predicted molar refractivity (Wildman–Crippen MR) is 59.7 cm³/mol. The second-order valence-corrected chi connectivity index (χ2v) is 4.66. The number of carbonyl (C=O) groups is 1. The van der Waals surface area contributed by atoms with E-state index in [2.05, 4.69) is 17.3 Å². The number of nitrogens with zero attached hydrogens (tertiary/aromatic N) is 2. The van der Waals surface area contributed by atoms with E-state index >= 15 is 0 Å². The Morgan fingerprint density at radius 2 is 1.93 bits per heavy atom. The smallest absolute Gasteiger partial charge is 0.223 e. The van der Waals surface area contributed by atoms with Crippen LogP contribution >= 0.6 is 0 Å². The first-order valence-corrected chi connectivity index (χ1v) is 5.95. The molecular weight excluding hydrogens is 190 g/mol. The van der Waals surface area contributed by atoms with Crippen LogP contribution in [0, 0.1) is 0 Å². The Morgan fingerprint density at radius 3 is 2.53 bits per heavy atom. The van der Waals surface area contributed by atoms with Crippen molar-refractivity contribution in [2.45, 2.75) is 25.3 Å². The van der Waals surface area contributed by atoms with Crippen LogP contribution in [0.25, 0.3) is 0 Å². The average molecular weight is 211 g/mol. The first-order valence-electron chi connectivity index (χ1n) is 5.95. The molecule has 1 amide bonds. The maximum Gasteiger partial charge on any atom is 0.223 e. The van der Waals surface area contributed by atoms with Crippen molar-refractivity contribution >= 4 is 5.91 Å². The fourth-order valence-corrected chi connectivity index (χ4v) is 1.88. The zero-order valence-electron chi connectivity index (χ0n) is 9.54. The van der Waals surface area contributed by atoms with E-state index in [1.807, 2.05) is 4.90 Å². The summed E-state index contributed by atoms with van der Waals surface area (Å²) in [7, 11) is 2.11. The van der Waals surface area contributed by atoms with Gasteiger partial charge in [0.1, 0.15) is 0 Å². The van der Waals surface area contributed by atoms with E-state index in [9.17, 15) is 4.79 Å². The Kier molecular flexibility index (Phi) is 3.59. The fraction of sp³-hybridized carbons (Fsp3) is 0.909. The molecule has 0 spiro atoms. The molecule has 86 valence electrons. The Labute approximate surface area is 91.6 Å². The molecule has 2 fully saturated rings. The Balaban J connectivity index is 1.61. The number of amides is 1. The quantitative estimate of drug-likeness (QED) is 0.705. The van der Waals surface area contributed by atoms with Crippen LogP contribution in [0.4, 0.5) is 0 Å². The summed E-state index contributed by atoms with van der Waals surface area (Å²) in [4.78, 5) is 16.0. The van der Waals surface area contributed by atoms with Gasteiger partial charge in [0.05, 0.1) is 0 Å². The van der Waals surface area contributed by atoms with Crippen molar-refractivity contribution < 1.29 is 4.79 Å². The third kappa shape index (κ3) is 3.47. The molecule has 4 heteroatoms. The summed E-state index contributed by atoms with van der Waals surface area (Å²) in [6, 6.07) is 0.713. The van der Waals surface area contributed by atoms with Crippen LogP contribution in [0.15, 0.2) is 0 Å². The Bertz CT molecular complexity index is 220. The molecule has 15 heavy (non-hydrogen) atoms. The van der Waals surface area contributed by atoms with E-state index < -0.39 is 0 Å². The van der Waals surface area contributed by atoms with Crippen LogP contribution in [-0.4, -0.2) is 61.5 Å². The predicted octanol–water partition coefficient (Wildman–Crippen LogP) is -0.0975. The maximum atomic E-state index is 11.8. The number of carbonyl (C=O) groups excluding carboxylic acids is 1. The number of nitrogens with one attached hydrogen (secondary N) is 1. The van der Waals surface area contributed by atoms with E-state index in [0.717, 1.165) is 32.7 Å². The van der Waals surface area contributed by atoms with E-state index in [4.69, 9.17) is 0 Å². The minimum Gasteiger partial charge on any atom is -0.340 e. The van der Waals surface area contributed by atoms with Gasteiger partial charge in [0.2, 0.25) is 5.91 Å². The van der Waals surface area contributed by atoms with Crippen molar-refractivity contribution in [2.24, 2.45) is 0 Å². The molecule has 0 radical (unpaired) electrons. The van der Waals surface area contributed by atoms with E-state index in [1.165, 1.54) is 12.8 Å². The van der Waals surface area contributed by atoms with Crippen molar-refractivity contribution in [3.8, 4) is 0 Å². The topological polar surface area (TPSA) is 35.6 Å². The van der Waals surface area contributed by atoms with Crippen molar-refractivity contribution in [3.05, 3.63) is 0 Å². The maximum absolute atomic E-state index is 11.8. The summed E-state index contributed by atoms with van der Waals surface area (Å²) in [6.45, 7) is 4.69. The molecule has 0 aromatic rings. The third-order valence-electron chi connectivity index (χ3n) is 3.21. The summed E-state index contributed by atoms with van der Waals surface area (Å²) in [5.41, 5.74) is 0. The van der Waals surface area contributed by atoms with Gasteiger partial charge >= 0.3 is 0 Å². The van der Waals surface area contributed by atoms with E-state index in [0.29, 0.717) is 18.4 Å². The molecular formula is C11H21N3O. The van der Waals surface area contributed by atoms with Crippen LogP contribution in [-0.2, 0) is 4.79 Å². The lowest BCUT2D eigenvalue weighted by molar-refractivity contribution is -0.132. The van der Waals surface area contributed by atoms with Gasteiger partial charge < -0.3 is 15.1 Å². The average Bonchev–Trinajstić information content (AvgIpc) is 3.02. The Hall–Kier alpha value is -0.610. The molecule has 4 nitrogen and oxygen atoms in total. The lowest BCUT2D eigenvalue weighted by Crippen LogP contribution is -2.47. The lowest BCUT2D eigenvalue weighted by Gasteiger charge is -2.32. The van der Waals surface area contributed by atoms with Gasteiger partial charge in [-0.1, -0.05) is 0 Å².